The molecule has 3 aliphatic rings. The summed E-state index contributed by atoms with van der Waals surface area (Å²) in [5, 5.41) is 0. The van der Waals surface area contributed by atoms with Gasteiger partial charge in [0.2, 0.25) is 5.90 Å². The molecule has 262 valence electrons. The van der Waals surface area contributed by atoms with Crippen molar-refractivity contribution in [2.24, 2.45) is 4.99 Å². The molecule has 3 aromatic carbocycles. The van der Waals surface area contributed by atoms with E-state index in [0.29, 0.717) is 0 Å². The van der Waals surface area contributed by atoms with Crippen LogP contribution in [0.4, 0.5) is 17.2 Å². The zero-order valence-electron chi connectivity index (χ0n) is 32.3. The molecule has 2 atom stereocenters. The first-order chi connectivity index (χ1) is 23.3. The third-order valence-corrected chi connectivity index (χ3v) is 11.7. The fourth-order valence-electron chi connectivity index (χ4n) is 8.07. The third-order valence-electron chi connectivity index (χ3n) is 11.7. The molecule has 3 heterocycles. The predicted octanol–water partition coefficient (Wildman–Crippen LogP) is 12.1. The minimum absolute atomic E-state index is 0.0110. The van der Waals surface area contributed by atoms with E-state index in [2.05, 4.69) is 149 Å². The summed E-state index contributed by atoms with van der Waals surface area (Å²) in [6.07, 6.45) is 6.38. The van der Waals surface area contributed by atoms with Crippen molar-refractivity contribution in [1.82, 2.24) is 4.98 Å². The van der Waals surface area contributed by atoms with Crippen LogP contribution in [-0.2, 0) is 21.0 Å². The summed E-state index contributed by atoms with van der Waals surface area (Å²) in [6.45, 7) is 27.0. The average molecular weight is 670 g/mol. The highest BCUT2D eigenvalue weighted by atomic mass is 16.5. The maximum atomic E-state index is 6.96. The summed E-state index contributed by atoms with van der Waals surface area (Å²) in [7, 11) is 0. The molecule has 0 spiro atoms. The number of ether oxygens (including phenoxy) is 2. The van der Waals surface area contributed by atoms with Gasteiger partial charge < -0.3 is 9.47 Å². The molecule has 1 saturated carbocycles. The Labute approximate surface area is 300 Å². The number of hydrogen-bond donors (Lipinski definition) is 0. The van der Waals surface area contributed by atoms with E-state index in [4.69, 9.17) is 19.5 Å². The lowest BCUT2D eigenvalue weighted by atomic mass is 9.72. The van der Waals surface area contributed by atoms with Gasteiger partial charge in [0.25, 0.3) is 0 Å². The normalized spacial score (nSPS) is 22.6. The molecular weight excluding hydrogens is 615 g/mol. The van der Waals surface area contributed by atoms with Crippen molar-refractivity contribution in [3.63, 3.8) is 0 Å². The highest BCUT2D eigenvalue weighted by Gasteiger charge is 2.53. The number of pyridine rings is 1. The van der Waals surface area contributed by atoms with Gasteiger partial charge in [-0.1, -0.05) is 79.5 Å². The molecule has 0 amide bonds. The second-order valence-electron chi connectivity index (χ2n) is 18.1. The van der Waals surface area contributed by atoms with Crippen molar-refractivity contribution in [2.45, 2.75) is 136 Å². The first kappa shape index (κ1) is 34.3. The monoisotopic (exact) mass is 669 g/mol. The summed E-state index contributed by atoms with van der Waals surface area (Å²) < 4.78 is 13.7. The van der Waals surface area contributed by atoms with Gasteiger partial charge in [-0.25, -0.2) is 9.98 Å². The number of nitrogens with zero attached hydrogens (tertiary/aromatic N) is 3. The van der Waals surface area contributed by atoms with Crippen molar-refractivity contribution in [3.05, 3.63) is 106 Å². The van der Waals surface area contributed by atoms with Crippen LogP contribution in [-0.4, -0.2) is 22.0 Å². The second-order valence-corrected chi connectivity index (χ2v) is 18.1. The van der Waals surface area contributed by atoms with E-state index in [1.165, 1.54) is 40.7 Å². The van der Waals surface area contributed by atoms with Crippen LogP contribution in [0.2, 0.25) is 0 Å². The number of aliphatic imine (C=N–C) groups is 1. The van der Waals surface area contributed by atoms with E-state index < -0.39 is 0 Å². The van der Waals surface area contributed by atoms with E-state index in [9.17, 15) is 0 Å². The number of hydrogen-bond acceptors (Lipinski definition) is 5. The zero-order chi connectivity index (χ0) is 36.0. The molecule has 0 saturated heterocycles. The Morgan fingerprint density at radius 3 is 2.14 bits per heavy atom. The van der Waals surface area contributed by atoms with Gasteiger partial charge in [0, 0.05) is 23.2 Å². The summed E-state index contributed by atoms with van der Waals surface area (Å²) >= 11 is 0. The lowest BCUT2D eigenvalue weighted by molar-refractivity contribution is 0.000923. The van der Waals surface area contributed by atoms with Gasteiger partial charge in [-0.3, -0.25) is 4.90 Å². The molecular formula is C45H55N3O2. The number of benzene rings is 3. The van der Waals surface area contributed by atoms with Crippen molar-refractivity contribution < 1.29 is 9.47 Å². The topological polar surface area (TPSA) is 47.0 Å². The fourth-order valence-corrected chi connectivity index (χ4v) is 8.07. The Morgan fingerprint density at radius 2 is 1.44 bits per heavy atom. The smallest absolute Gasteiger partial charge is 0.217 e. The largest absolute Gasteiger partial charge is 0.469 e. The maximum Gasteiger partial charge on any atom is 0.217 e. The summed E-state index contributed by atoms with van der Waals surface area (Å²) in [6, 6.07) is 22.3. The van der Waals surface area contributed by atoms with Gasteiger partial charge in [0.15, 0.2) is 0 Å². The van der Waals surface area contributed by atoms with Gasteiger partial charge in [-0.15, -0.1) is 0 Å². The number of aryl methyl sites for hydroxylation is 2. The minimum Gasteiger partial charge on any atom is -0.469 e. The summed E-state index contributed by atoms with van der Waals surface area (Å²) in [4.78, 5) is 12.6. The second kappa shape index (κ2) is 11.4. The van der Waals surface area contributed by atoms with Crippen LogP contribution in [0.25, 0.3) is 0 Å². The summed E-state index contributed by atoms with van der Waals surface area (Å²) in [5.41, 5.74) is 9.73. The number of anilines is 3. The molecule has 4 aromatic rings. The van der Waals surface area contributed by atoms with E-state index in [-0.39, 0.29) is 27.4 Å². The first-order valence-corrected chi connectivity index (χ1v) is 18.4. The molecule has 0 bridgehead atoms. The van der Waals surface area contributed by atoms with Crippen LogP contribution in [0.15, 0.2) is 71.9 Å². The van der Waals surface area contributed by atoms with Crippen LogP contribution < -0.4 is 9.64 Å². The lowest BCUT2D eigenvalue weighted by Crippen LogP contribution is -2.49. The van der Waals surface area contributed by atoms with E-state index in [0.717, 1.165) is 58.6 Å². The highest BCUT2D eigenvalue weighted by Crippen LogP contribution is 2.54. The van der Waals surface area contributed by atoms with Crippen LogP contribution >= 0.6 is 0 Å². The first-order valence-electron chi connectivity index (χ1n) is 18.4. The lowest BCUT2D eigenvalue weighted by Gasteiger charge is -2.42. The highest BCUT2D eigenvalue weighted by molar-refractivity contribution is 5.97. The number of aromatic nitrogens is 1. The van der Waals surface area contributed by atoms with Crippen LogP contribution in [0.5, 0.6) is 11.5 Å². The molecule has 0 unspecified atom stereocenters. The molecule has 1 aromatic heterocycles. The molecule has 0 N–H and O–H groups in total. The Morgan fingerprint density at radius 1 is 0.740 bits per heavy atom. The van der Waals surface area contributed by atoms with Crippen LogP contribution in [0.1, 0.15) is 134 Å². The molecule has 0 radical (unpaired) electrons. The van der Waals surface area contributed by atoms with E-state index >= 15 is 0 Å². The van der Waals surface area contributed by atoms with Gasteiger partial charge in [-0.05, 0) is 128 Å². The fraction of sp³-hybridized carbons (Fsp3) is 0.467. The Kier molecular flexibility index (Phi) is 7.86. The quantitative estimate of drug-likeness (QED) is 0.217. The maximum absolute atomic E-state index is 6.96. The van der Waals surface area contributed by atoms with Crippen molar-refractivity contribution in [2.75, 3.05) is 4.90 Å². The minimum atomic E-state index is -0.280. The average Bonchev–Trinajstić information content (AvgIpc) is 3.33. The molecule has 1 aliphatic carbocycles. The van der Waals surface area contributed by atoms with Gasteiger partial charge in [0.05, 0.1) is 11.4 Å². The number of fused-ring (bicyclic) bond motifs is 3. The molecule has 1 fully saturated rings. The molecule has 5 heteroatoms. The Balaban J connectivity index is 1.36. The van der Waals surface area contributed by atoms with Crippen molar-refractivity contribution in [1.29, 1.82) is 0 Å². The zero-order valence-corrected chi connectivity index (χ0v) is 32.3. The Bertz CT molecular complexity index is 2030. The van der Waals surface area contributed by atoms with Crippen molar-refractivity contribution in [3.8, 4) is 11.5 Å². The van der Waals surface area contributed by atoms with Crippen LogP contribution in [0.3, 0.4) is 0 Å². The molecule has 50 heavy (non-hydrogen) atoms. The van der Waals surface area contributed by atoms with E-state index in [1.54, 1.807) is 0 Å². The van der Waals surface area contributed by atoms with E-state index in [1.807, 2.05) is 6.20 Å². The van der Waals surface area contributed by atoms with Gasteiger partial charge in [-0.2, -0.15) is 0 Å². The molecule has 5 nitrogen and oxygen atoms in total. The third kappa shape index (κ3) is 5.71. The summed E-state index contributed by atoms with van der Waals surface area (Å²) in [5.74, 6) is 3.26. The predicted molar refractivity (Wildman–Crippen MR) is 207 cm³/mol. The standard InChI is InChI=1S/C45H55N3O2/c1-28-15-16-36-34(21-28)43(9,10)35-22-29(2)38(27-37(35)48(36)39-26-31(17-20-46-39)41(3,4)5)49-33-24-30(23-32(25-33)42(6,7)8)40-47-44(11)18-13-14-19-45(44,12)50-40/h15-17,20-27H,13-14,18-19H2,1-12H3/t44-,45-/m0/s1. The van der Waals surface area contributed by atoms with Gasteiger partial charge in [0.1, 0.15) is 28.5 Å². The molecule has 7 rings (SSSR count). The molecule has 2 aliphatic heterocycles. The van der Waals surface area contributed by atoms with Gasteiger partial charge >= 0.3 is 0 Å². The van der Waals surface area contributed by atoms with Crippen LogP contribution in [0, 0.1) is 13.8 Å². The van der Waals surface area contributed by atoms with Crippen molar-refractivity contribution >= 4 is 23.1 Å². The number of rotatable bonds is 4. The Hall–Kier alpha value is -4.12. The SMILES string of the molecule is Cc1ccc2c(c1)C(C)(C)c1cc(C)c(Oc3cc(C4=N[C@@]5(C)CCCC[C@]5(C)O4)cc(C(C)(C)C)c3)cc1N2c1cc(C(C)(C)C)ccn1.